The van der Waals surface area contributed by atoms with Crippen LogP contribution in [0.25, 0.3) is 0 Å². The normalized spacial score (nSPS) is 12.7. The number of halogens is 2. The van der Waals surface area contributed by atoms with Crippen molar-refractivity contribution in [3.05, 3.63) is 94.3 Å². The van der Waals surface area contributed by atoms with Crippen LogP contribution in [-0.4, -0.2) is 40.8 Å². The second kappa shape index (κ2) is 13.7. The summed E-state index contributed by atoms with van der Waals surface area (Å²) in [5.41, 5.74) is 0.410. The highest BCUT2D eigenvalue weighted by atomic mass is 35.5. The Morgan fingerprint density at radius 1 is 1.05 bits per heavy atom. The molecule has 0 saturated heterocycles. The molecule has 0 fully saturated rings. The van der Waals surface area contributed by atoms with Crippen LogP contribution in [0.1, 0.15) is 30.5 Å². The van der Waals surface area contributed by atoms with E-state index in [0.29, 0.717) is 28.5 Å². The van der Waals surface area contributed by atoms with Gasteiger partial charge in [0.25, 0.3) is 0 Å². The average Bonchev–Trinajstić information content (AvgIpc) is 2.91. The summed E-state index contributed by atoms with van der Waals surface area (Å²) in [7, 11) is -2.27. The van der Waals surface area contributed by atoms with Crippen LogP contribution < -0.4 is 19.5 Å². The van der Waals surface area contributed by atoms with Gasteiger partial charge in [-0.2, -0.15) is 4.72 Å². The largest absolute Gasteiger partial charge is 0.493 e. The van der Waals surface area contributed by atoms with Crippen LogP contribution in [-0.2, 0) is 26.8 Å². The van der Waals surface area contributed by atoms with E-state index in [4.69, 9.17) is 21.1 Å². The number of amides is 1. The van der Waals surface area contributed by atoms with Crippen molar-refractivity contribution in [3.8, 4) is 23.3 Å². The molecule has 0 radical (unpaired) electrons. The number of ether oxygens (including phenoxy) is 2. The smallest absolute Gasteiger partial charge is 0.246 e. The van der Waals surface area contributed by atoms with Gasteiger partial charge in [0.1, 0.15) is 18.0 Å². The zero-order chi connectivity index (χ0) is 29.3. The maximum atomic E-state index is 13.6. The molecule has 10 heteroatoms. The molecular weight excluding hydrogens is 555 g/mol. The number of carbonyl (C=O) groups excluding carboxylic acids is 1. The molecule has 0 aromatic heterocycles. The van der Waals surface area contributed by atoms with Crippen molar-refractivity contribution < 1.29 is 27.1 Å². The molecule has 212 valence electrons. The molecule has 0 aliphatic rings. The Bertz CT molecular complexity index is 1480. The highest BCUT2D eigenvalue weighted by molar-refractivity contribution is 7.88. The number of carbonyl (C=O) groups is 1. The number of hydrogen-bond acceptors (Lipinski definition) is 5. The molecule has 0 aliphatic carbocycles. The Kier molecular flexibility index (Phi) is 10.6. The Labute approximate surface area is 240 Å². The van der Waals surface area contributed by atoms with Crippen LogP contribution in [0, 0.1) is 23.6 Å². The summed E-state index contributed by atoms with van der Waals surface area (Å²) in [5, 5.41) is 3.49. The Hall–Kier alpha value is -3.58. The minimum absolute atomic E-state index is 0.155. The van der Waals surface area contributed by atoms with Gasteiger partial charge in [-0.3, -0.25) is 4.79 Å². The van der Waals surface area contributed by atoms with Gasteiger partial charge in [0.2, 0.25) is 15.9 Å². The van der Waals surface area contributed by atoms with Gasteiger partial charge in [0.15, 0.2) is 11.5 Å². The maximum absolute atomic E-state index is 13.6. The lowest BCUT2D eigenvalue weighted by Gasteiger charge is -2.36. The fraction of sp³-hybridized carbons (Fsp3) is 0.300. The monoisotopic (exact) mass is 586 g/mol. The van der Waals surface area contributed by atoms with E-state index in [-0.39, 0.29) is 13.2 Å². The lowest BCUT2D eigenvalue weighted by Crippen LogP contribution is -2.59. The quantitative estimate of drug-likeness (QED) is 0.318. The molecule has 3 aromatic rings. The van der Waals surface area contributed by atoms with Crippen molar-refractivity contribution in [3.63, 3.8) is 0 Å². The summed E-state index contributed by atoms with van der Waals surface area (Å²) in [6.45, 7) is 3.83. The Balaban J connectivity index is 1.68. The van der Waals surface area contributed by atoms with Gasteiger partial charge < -0.3 is 14.8 Å². The number of hydrogen-bond donors (Lipinski definition) is 2. The van der Waals surface area contributed by atoms with Gasteiger partial charge in [-0.15, -0.1) is 0 Å². The van der Waals surface area contributed by atoms with Crippen LogP contribution >= 0.6 is 11.6 Å². The zero-order valence-electron chi connectivity index (χ0n) is 22.8. The molecule has 3 aromatic carbocycles. The summed E-state index contributed by atoms with van der Waals surface area (Å²) in [5.74, 6) is 5.48. The topological polar surface area (TPSA) is 93.7 Å². The van der Waals surface area contributed by atoms with E-state index >= 15 is 0 Å². The SMILES string of the molecule is COc1cc(CCNC(=O)C(NS(C)(=O)=O)(c2ccc(F)cc2)C(C)C)ccc1OCC#Cc1ccc(Cl)cc1. The van der Waals surface area contributed by atoms with E-state index in [1.165, 1.54) is 31.4 Å². The molecule has 2 N–H and O–H groups in total. The molecule has 0 heterocycles. The van der Waals surface area contributed by atoms with E-state index in [1.54, 1.807) is 38.1 Å². The second-order valence-corrected chi connectivity index (χ2v) is 11.6. The van der Waals surface area contributed by atoms with E-state index < -0.39 is 33.2 Å². The van der Waals surface area contributed by atoms with Crippen LogP contribution in [0.15, 0.2) is 66.7 Å². The third kappa shape index (κ3) is 8.21. The first-order valence-electron chi connectivity index (χ1n) is 12.5. The summed E-state index contributed by atoms with van der Waals surface area (Å²) < 4.78 is 51.9. The highest BCUT2D eigenvalue weighted by Crippen LogP contribution is 2.32. The second-order valence-electron chi connectivity index (χ2n) is 9.43. The van der Waals surface area contributed by atoms with E-state index in [2.05, 4.69) is 21.9 Å². The van der Waals surface area contributed by atoms with E-state index in [9.17, 15) is 17.6 Å². The van der Waals surface area contributed by atoms with Crippen LogP contribution in [0.4, 0.5) is 4.39 Å². The zero-order valence-corrected chi connectivity index (χ0v) is 24.3. The Morgan fingerprint density at radius 3 is 2.33 bits per heavy atom. The van der Waals surface area contributed by atoms with Gasteiger partial charge in [-0.1, -0.05) is 55.5 Å². The molecule has 7 nitrogen and oxygen atoms in total. The highest BCUT2D eigenvalue weighted by Gasteiger charge is 2.45. The third-order valence-electron chi connectivity index (χ3n) is 6.17. The maximum Gasteiger partial charge on any atom is 0.246 e. The Morgan fingerprint density at radius 2 is 1.73 bits per heavy atom. The van der Waals surface area contributed by atoms with Crippen LogP contribution in [0.5, 0.6) is 11.5 Å². The molecule has 0 aliphatic heterocycles. The van der Waals surface area contributed by atoms with E-state index in [0.717, 1.165) is 17.4 Å². The standard InChI is InChI=1S/C30H32ClFN2O5S/c1-21(2)30(34-40(4,36)37,24-10-14-26(32)15-11-24)29(35)33-18-17-23-9-16-27(28(20-23)38-3)39-19-5-6-22-7-12-25(31)13-8-22/h7-16,20-21,34H,17-19H2,1-4H3,(H,33,35). The minimum Gasteiger partial charge on any atom is -0.493 e. The number of benzene rings is 3. The van der Waals surface area contributed by atoms with Gasteiger partial charge >= 0.3 is 0 Å². The number of sulfonamides is 1. The molecule has 0 spiro atoms. The molecule has 1 atom stereocenters. The van der Waals surface area contributed by atoms with E-state index in [1.807, 2.05) is 18.2 Å². The first-order valence-corrected chi connectivity index (χ1v) is 14.8. The van der Waals surface area contributed by atoms with Crippen molar-refractivity contribution >= 4 is 27.5 Å². The van der Waals surface area contributed by atoms with Crippen molar-refractivity contribution in [1.82, 2.24) is 10.0 Å². The third-order valence-corrected chi connectivity index (χ3v) is 7.12. The summed E-state index contributed by atoms with van der Waals surface area (Å²) in [4.78, 5) is 13.5. The lowest BCUT2D eigenvalue weighted by atomic mass is 9.80. The molecule has 0 bridgehead atoms. The fourth-order valence-corrected chi connectivity index (χ4v) is 5.34. The first kappa shape index (κ1) is 31.0. The lowest BCUT2D eigenvalue weighted by molar-refractivity contribution is -0.129. The van der Waals surface area contributed by atoms with Gasteiger partial charge in [0, 0.05) is 17.1 Å². The summed E-state index contributed by atoms with van der Waals surface area (Å²) >= 11 is 5.89. The first-order chi connectivity index (χ1) is 18.9. The van der Waals surface area contributed by atoms with Crippen LogP contribution in [0.3, 0.4) is 0 Å². The predicted molar refractivity (Wildman–Crippen MR) is 154 cm³/mol. The number of methoxy groups -OCH3 is 1. The van der Waals surface area contributed by atoms with Crippen LogP contribution in [0.2, 0.25) is 5.02 Å². The van der Waals surface area contributed by atoms with Crippen molar-refractivity contribution in [2.75, 3.05) is 26.5 Å². The molecule has 0 saturated carbocycles. The van der Waals surface area contributed by atoms with Gasteiger partial charge in [-0.25, -0.2) is 12.8 Å². The fourth-order valence-electron chi connectivity index (χ4n) is 4.19. The summed E-state index contributed by atoms with van der Waals surface area (Å²) in [6, 6.07) is 17.8. The predicted octanol–water partition coefficient (Wildman–Crippen LogP) is 4.68. The van der Waals surface area contributed by atoms with Crippen molar-refractivity contribution in [2.45, 2.75) is 25.8 Å². The molecular formula is C30H32ClFN2O5S. The molecule has 1 unspecified atom stereocenters. The number of rotatable bonds is 11. The van der Waals surface area contributed by atoms with Crippen molar-refractivity contribution in [1.29, 1.82) is 0 Å². The molecule has 40 heavy (non-hydrogen) atoms. The molecule has 3 rings (SSSR count). The summed E-state index contributed by atoms with van der Waals surface area (Å²) in [6.07, 6.45) is 1.43. The van der Waals surface area contributed by atoms with Crippen molar-refractivity contribution in [2.24, 2.45) is 5.92 Å². The van der Waals surface area contributed by atoms with Gasteiger partial charge in [0.05, 0.1) is 13.4 Å². The average molecular weight is 587 g/mol. The van der Waals surface area contributed by atoms with Gasteiger partial charge in [-0.05, 0) is 72.0 Å². The molecule has 1 amide bonds. The minimum atomic E-state index is -3.80. The number of nitrogens with one attached hydrogen (secondary N) is 2.